The summed E-state index contributed by atoms with van der Waals surface area (Å²) in [6.07, 6.45) is 5.16. The van der Waals surface area contributed by atoms with Crippen molar-refractivity contribution in [2.24, 2.45) is 0 Å². The molecule has 0 atom stereocenters. The van der Waals surface area contributed by atoms with Crippen LogP contribution in [0.4, 0.5) is 5.69 Å². The topological polar surface area (TPSA) is 21.3 Å². The number of ether oxygens (including phenoxy) is 1. The van der Waals surface area contributed by atoms with Crippen molar-refractivity contribution in [3.8, 4) is 5.75 Å². The van der Waals surface area contributed by atoms with E-state index in [2.05, 4.69) is 30.4 Å². The molecule has 0 saturated heterocycles. The Labute approximate surface area is 90.6 Å². The van der Waals surface area contributed by atoms with Crippen molar-refractivity contribution in [1.29, 1.82) is 0 Å². The summed E-state index contributed by atoms with van der Waals surface area (Å²) in [6.45, 7) is 2.94. The van der Waals surface area contributed by atoms with E-state index < -0.39 is 0 Å². The van der Waals surface area contributed by atoms with E-state index >= 15 is 0 Å². The molecule has 0 unspecified atom stereocenters. The Morgan fingerprint density at radius 2 is 2.07 bits per heavy atom. The van der Waals surface area contributed by atoms with Crippen molar-refractivity contribution < 1.29 is 4.74 Å². The third-order valence-corrected chi connectivity index (χ3v) is 3.67. The number of hydrogen-bond acceptors (Lipinski definition) is 2. The van der Waals surface area contributed by atoms with E-state index in [1.54, 1.807) is 0 Å². The van der Waals surface area contributed by atoms with Gasteiger partial charge < -0.3 is 10.1 Å². The zero-order chi connectivity index (χ0) is 10.3. The summed E-state index contributed by atoms with van der Waals surface area (Å²) in [7, 11) is 0. The Hall–Kier alpha value is -1.18. The lowest BCUT2D eigenvalue weighted by atomic mass is 9.96. The van der Waals surface area contributed by atoms with Gasteiger partial charge in [-0.1, -0.05) is 25.0 Å². The maximum atomic E-state index is 5.93. The molecule has 1 heterocycles. The second-order valence-electron chi connectivity index (χ2n) is 4.85. The molecule has 2 aliphatic rings. The van der Waals surface area contributed by atoms with Gasteiger partial charge >= 0.3 is 0 Å². The fraction of sp³-hybridized carbons (Fsp3) is 0.538. The maximum Gasteiger partial charge on any atom is 0.145 e. The Morgan fingerprint density at radius 3 is 2.87 bits per heavy atom. The molecular weight excluding hydrogens is 186 g/mol. The molecular formula is C13H17NO. The number of aryl methyl sites for hydroxylation is 1. The van der Waals surface area contributed by atoms with Crippen LogP contribution in [0.1, 0.15) is 31.2 Å². The second-order valence-corrected chi connectivity index (χ2v) is 4.85. The molecule has 3 rings (SSSR count). The Balaban J connectivity index is 1.96. The quantitative estimate of drug-likeness (QED) is 0.699. The average Bonchev–Trinajstić information content (AvgIpc) is 2.66. The smallest absolute Gasteiger partial charge is 0.145 e. The predicted molar refractivity (Wildman–Crippen MR) is 61.5 cm³/mol. The number of anilines is 1. The van der Waals surface area contributed by atoms with Crippen LogP contribution in [0.5, 0.6) is 5.75 Å². The molecule has 0 bridgehead atoms. The summed E-state index contributed by atoms with van der Waals surface area (Å²) in [5, 5.41) is 3.69. The van der Waals surface area contributed by atoms with Crippen LogP contribution in [-0.2, 0) is 0 Å². The molecule has 1 N–H and O–H groups in total. The van der Waals surface area contributed by atoms with Crippen LogP contribution in [0, 0.1) is 6.92 Å². The first-order valence-corrected chi connectivity index (χ1v) is 5.80. The molecule has 1 aliphatic heterocycles. The van der Waals surface area contributed by atoms with Crippen molar-refractivity contribution in [1.82, 2.24) is 0 Å². The van der Waals surface area contributed by atoms with Gasteiger partial charge in [0.15, 0.2) is 0 Å². The fourth-order valence-corrected chi connectivity index (χ4v) is 2.80. The van der Waals surface area contributed by atoms with E-state index in [1.165, 1.54) is 36.9 Å². The van der Waals surface area contributed by atoms with E-state index in [4.69, 9.17) is 4.74 Å². The SMILES string of the molecule is Cc1cccc2c1OCC1(CCCC1)N2. The van der Waals surface area contributed by atoms with Crippen LogP contribution in [0.3, 0.4) is 0 Å². The van der Waals surface area contributed by atoms with Gasteiger partial charge in [0.1, 0.15) is 12.4 Å². The minimum Gasteiger partial charge on any atom is -0.489 e. The number of benzene rings is 1. The molecule has 2 nitrogen and oxygen atoms in total. The van der Waals surface area contributed by atoms with Gasteiger partial charge in [0.25, 0.3) is 0 Å². The summed E-state index contributed by atoms with van der Waals surface area (Å²) in [6, 6.07) is 6.33. The largest absolute Gasteiger partial charge is 0.489 e. The van der Waals surface area contributed by atoms with Gasteiger partial charge in [-0.15, -0.1) is 0 Å². The Bertz CT molecular complexity index is 380. The minimum absolute atomic E-state index is 0.237. The lowest BCUT2D eigenvalue weighted by Crippen LogP contribution is -2.44. The van der Waals surface area contributed by atoms with Crippen molar-refractivity contribution in [2.45, 2.75) is 38.1 Å². The van der Waals surface area contributed by atoms with E-state index in [0.717, 1.165) is 12.4 Å². The summed E-state index contributed by atoms with van der Waals surface area (Å²) in [5.74, 6) is 1.05. The number of hydrogen-bond donors (Lipinski definition) is 1. The van der Waals surface area contributed by atoms with Gasteiger partial charge in [-0.3, -0.25) is 0 Å². The molecule has 1 fully saturated rings. The van der Waals surface area contributed by atoms with Gasteiger partial charge in [0.05, 0.1) is 11.2 Å². The summed E-state index contributed by atoms with van der Waals surface area (Å²) >= 11 is 0. The van der Waals surface area contributed by atoms with Gasteiger partial charge in [0.2, 0.25) is 0 Å². The molecule has 1 aliphatic carbocycles. The van der Waals surface area contributed by atoms with Crippen molar-refractivity contribution >= 4 is 5.69 Å². The lowest BCUT2D eigenvalue weighted by Gasteiger charge is -2.37. The van der Waals surface area contributed by atoms with E-state index in [0.29, 0.717) is 0 Å². The maximum absolute atomic E-state index is 5.93. The number of para-hydroxylation sites is 1. The van der Waals surface area contributed by atoms with Crippen LogP contribution in [0.15, 0.2) is 18.2 Å². The zero-order valence-electron chi connectivity index (χ0n) is 9.18. The highest BCUT2D eigenvalue weighted by Gasteiger charge is 2.38. The van der Waals surface area contributed by atoms with Crippen LogP contribution >= 0.6 is 0 Å². The molecule has 1 spiro atoms. The Morgan fingerprint density at radius 1 is 1.27 bits per heavy atom. The van der Waals surface area contributed by atoms with Crippen molar-refractivity contribution in [2.75, 3.05) is 11.9 Å². The van der Waals surface area contributed by atoms with Gasteiger partial charge in [-0.05, 0) is 31.4 Å². The van der Waals surface area contributed by atoms with E-state index in [9.17, 15) is 0 Å². The first-order valence-electron chi connectivity index (χ1n) is 5.80. The van der Waals surface area contributed by atoms with Crippen molar-refractivity contribution in [3.63, 3.8) is 0 Å². The standard InChI is InChI=1S/C13H17NO/c1-10-5-4-6-11-12(10)15-9-13(14-11)7-2-3-8-13/h4-6,14H,2-3,7-9H2,1H3. The molecule has 0 aromatic heterocycles. The lowest BCUT2D eigenvalue weighted by molar-refractivity contribution is 0.219. The number of nitrogens with one attached hydrogen (secondary N) is 1. The molecule has 2 heteroatoms. The van der Waals surface area contributed by atoms with Gasteiger partial charge in [0, 0.05) is 0 Å². The molecule has 1 aromatic rings. The Kier molecular flexibility index (Phi) is 1.91. The molecule has 0 amide bonds. The van der Waals surface area contributed by atoms with Crippen LogP contribution in [0.2, 0.25) is 0 Å². The zero-order valence-corrected chi connectivity index (χ0v) is 9.18. The number of rotatable bonds is 0. The second kappa shape index (κ2) is 3.16. The highest BCUT2D eigenvalue weighted by atomic mass is 16.5. The molecule has 1 aromatic carbocycles. The first-order chi connectivity index (χ1) is 7.29. The third kappa shape index (κ3) is 1.39. The van der Waals surface area contributed by atoms with Crippen LogP contribution < -0.4 is 10.1 Å². The predicted octanol–water partition coefficient (Wildman–Crippen LogP) is 3.11. The number of fused-ring (bicyclic) bond motifs is 1. The molecule has 1 saturated carbocycles. The molecule has 80 valence electrons. The van der Waals surface area contributed by atoms with Crippen molar-refractivity contribution in [3.05, 3.63) is 23.8 Å². The van der Waals surface area contributed by atoms with Crippen LogP contribution in [-0.4, -0.2) is 12.1 Å². The van der Waals surface area contributed by atoms with Crippen LogP contribution in [0.25, 0.3) is 0 Å². The first kappa shape index (κ1) is 9.08. The summed E-state index contributed by atoms with van der Waals surface area (Å²) < 4.78 is 5.93. The van der Waals surface area contributed by atoms with Gasteiger partial charge in [-0.25, -0.2) is 0 Å². The van der Waals surface area contributed by atoms with Gasteiger partial charge in [-0.2, -0.15) is 0 Å². The minimum atomic E-state index is 0.237. The van der Waals surface area contributed by atoms with E-state index in [-0.39, 0.29) is 5.54 Å². The highest BCUT2D eigenvalue weighted by molar-refractivity contribution is 5.62. The van der Waals surface area contributed by atoms with E-state index in [1.807, 2.05) is 0 Å². The monoisotopic (exact) mass is 203 g/mol. The normalized spacial score (nSPS) is 21.9. The summed E-state index contributed by atoms with van der Waals surface area (Å²) in [5.41, 5.74) is 2.65. The molecule has 0 radical (unpaired) electrons. The third-order valence-electron chi connectivity index (χ3n) is 3.67. The molecule has 15 heavy (non-hydrogen) atoms. The fourth-order valence-electron chi connectivity index (χ4n) is 2.80. The summed E-state index contributed by atoms with van der Waals surface area (Å²) in [4.78, 5) is 0. The highest BCUT2D eigenvalue weighted by Crippen LogP contribution is 2.41. The average molecular weight is 203 g/mol.